The number of aromatic hydroxyl groups is 1. The third-order valence-electron chi connectivity index (χ3n) is 6.67. The van der Waals surface area contributed by atoms with Gasteiger partial charge in [0.05, 0.1) is 23.8 Å². The number of phenolic OH excluding ortho intramolecular Hbond substituents is 1. The summed E-state index contributed by atoms with van der Waals surface area (Å²) in [5.74, 6) is 3.17. The second-order valence-corrected chi connectivity index (χ2v) is 10.6. The summed E-state index contributed by atoms with van der Waals surface area (Å²) in [6.45, 7) is 8.73. The second kappa shape index (κ2) is 8.82. The lowest BCUT2D eigenvalue weighted by Crippen LogP contribution is -2.50. The highest BCUT2D eigenvalue weighted by atomic mass is 16.6. The van der Waals surface area contributed by atoms with Crippen LogP contribution < -0.4 is 10.2 Å². The molecule has 2 atom stereocenters. The predicted octanol–water partition coefficient (Wildman–Crippen LogP) is 3.56. The Bertz CT molecular complexity index is 1520. The molecule has 38 heavy (non-hydrogen) atoms. The van der Waals surface area contributed by atoms with Crippen molar-refractivity contribution in [2.75, 3.05) is 23.3 Å². The van der Waals surface area contributed by atoms with Gasteiger partial charge in [-0.15, -0.1) is 5.10 Å². The number of carbonyl (C=O) groups excluding carboxylic acids is 1. The number of nitrogens with zero attached hydrogens (tertiary/aromatic N) is 8. The van der Waals surface area contributed by atoms with Crippen molar-refractivity contribution in [2.24, 2.45) is 0 Å². The number of hydrogen-bond acceptors (Lipinski definition) is 10. The molecule has 1 amide bonds. The summed E-state index contributed by atoms with van der Waals surface area (Å²) >= 11 is 0. The smallest absolute Gasteiger partial charge is 0.410 e. The van der Waals surface area contributed by atoms with Crippen LogP contribution in [-0.4, -0.2) is 76.6 Å². The number of rotatable bonds is 4. The van der Waals surface area contributed by atoms with Crippen LogP contribution in [0.1, 0.15) is 33.0 Å². The molecule has 0 unspecified atom stereocenters. The monoisotopic (exact) mass is 515 g/mol. The van der Waals surface area contributed by atoms with Crippen molar-refractivity contribution in [2.45, 2.75) is 51.8 Å². The Kier molecular flexibility index (Phi) is 5.55. The van der Waals surface area contributed by atoms with Crippen LogP contribution in [0.2, 0.25) is 0 Å². The fourth-order valence-electron chi connectivity index (χ4n) is 5.14. The van der Waals surface area contributed by atoms with Crippen LogP contribution in [0.5, 0.6) is 5.75 Å². The van der Waals surface area contributed by atoms with Crippen LogP contribution in [0.3, 0.4) is 0 Å². The van der Waals surface area contributed by atoms with E-state index >= 15 is 0 Å². The summed E-state index contributed by atoms with van der Waals surface area (Å²) in [5, 5.41) is 19.0. The number of anilines is 3. The van der Waals surface area contributed by atoms with Gasteiger partial charge in [-0.25, -0.2) is 24.4 Å². The number of carbonyl (C=O) groups is 1. The van der Waals surface area contributed by atoms with Gasteiger partial charge in [0.15, 0.2) is 11.6 Å². The molecule has 0 aliphatic carbocycles. The Balaban J connectivity index is 1.32. The van der Waals surface area contributed by atoms with Gasteiger partial charge in [-0.2, -0.15) is 0 Å². The van der Waals surface area contributed by atoms with Gasteiger partial charge in [0.25, 0.3) is 0 Å². The minimum Gasteiger partial charge on any atom is -0.508 e. The van der Waals surface area contributed by atoms with Gasteiger partial charge in [0, 0.05) is 43.0 Å². The molecule has 2 saturated heterocycles. The van der Waals surface area contributed by atoms with Gasteiger partial charge < -0.3 is 25.0 Å². The number of benzene rings is 1. The fourth-order valence-corrected chi connectivity index (χ4v) is 5.14. The highest BCUT2D eigenvalue weighted by Crippen LogP contribution is 2.36. The molecular formula is C26H29N9O3. The molecule has 196 valence electrons. The molecule has 0 radical (unpaired) electrons. The standard InChI is InChI=1S/C26H29N9O3/c1-15-29-22(33-13-17-9-16(33)14-34(17)25(37)38-26(2,3)4)11-23(30-15)35-20-10-18(36)5-6-19(20)24(32-35)31-21-12-27-7-8-28-21/h5-8,10-12,16-17,36H,9,13-14H2,1-4H3,(H,28,31,32)/t16-,17-/m0/s1. The highest BCUT2D eigenvalue weighted by molar-refractivity contribution is 5.93. The van der Waals surface area contributed by atoms with Crippen molar-refractivity contribution >= 4 is 34.4 Å². The molecule has 6 rings (SSSR count). The number of ether oxygens (including phenoxy) is 1. The quantitative estimate of drug-likeness (QED) is 0.415. The maximum atomic E-state index is 12.7. The number of likely N-dealkylation sites (tertiary alicyclic amines) is 1. The zero-order chi connectivity index (χ0) is 26.6. The number of amides is 1. The molecule has 1 aromatic carbocycles. The lowest BCUT2D eigenvalue weighted by atomic mass is 10.2. The molecule has 12 heteroatoms. The van der Waals surface area contributed by atoms with E-state index in [-0.39, 0.29) is 23.9 Å². The van der Waals surface area contributed by atoms with Crippen molar-refractivity contribution in [1.29, 1.82) is 0 Å². The van der Waals surface area contributed by atoms with Crippen molar-refractivity contribution in [3.05, 3.63) is 48.7 Å². The van der Waals surface area contributed by atoms with Crippen LogP contribution in [-0.2, 0) is 4.74 Å². The summed E-state index contributed by atoms with van der Waals surface area (Å²) in [6, 6.07) is 7.17. The van der Waals surface area contributed by atoms with E-state index in [1.807, 2.05) is 38.7 Å². The van der Waals surface area contributed by atoms with Crippen molar-refractivity contribution in [3.63, 3.8) is 0 Å². The minimum atomic E-state index is -0.529. The third-order valence-corrected chi connectivity index (χ3v) is 6.67. The fraction of sp³-hybridized carbons (Fsp3) is 0.385. The van der Waals surface area contributed by atoms with Gasteiger partial charge in [0.2, 0.25) is 0 Å². The first-order chi connectivity index (χ1) is 18.1. The molecule has 0 spiro atoms. The molecule has 0 saturated carbocycles. The van der Waals surface area contributed by atoms with Gasteiger partial charge in [-0.05, 0) is 46.2 Å². The SMILES string of the molecule is Cc1nc(N2C[C@@H]3C[C@H]2CN3C(=O)OC(C)(C)C)cc(-n2nc(Nc3cnccn3)c3ccc(O)cc32)n1. The first-order valence-electron chi connectivity index (χ1n) is 12.5. The molecule has 5 heterocycles. The Morgan fingerprint density at radius 3 is 2.63 bits per heavy atom. The summed E-state index contributed by atoms with van der Waals surface area (Å²) in [4.78, 5) is 34.5. The number of nitrogens with one attached hydrogen (secondary N) is 1. The maximum absolute atomic E-state index is 12.7. The predicted molar refractivity (Wildman–Crippen MR) is 141 cm³/mol. The zero-order valence-electron chi connectivity index (χ0n) is 21.7. The normalized spacial score (nSPS) is 18.8. The average Bonchev–Trinajstić information content (AvgIpc) is 3.56. The summed E-state index contributed by atoms with van der Waals surface area (Å²) < 4.78 is 7.29. The first-order valence-corrected chi connectivity index (χ1v) is 12.5. The molecule has 2 N–H and O–H groups in total. The van der Waals surface area contributed by atoms with Crippen LogP contribution in [0.4, 0.5) is 22.2 Å². The average molecular weight is 516 g/mol. The van der Waals surface area contributed by atoms with E-state index in [0.717, 1.165) is 17.6 Å². The number of fused-ring (bicyclic) bond motifs is 3. The van der Waals surface area contributed by atoms with Gasteiger partial charge in [0.1, 0.15) is 28.8 Å². The molecule has 12 nitrogen and oxygen atoms in total. The lowest BCUT2D eigenvalue weighted by Gasteiger charge is -2.35. The maximum Gasteiger partial charge on any atom is 0.410 e. The summed E-state index contributed by atoms with van der Waals surface area (Å²) in [5.41, 5.74) is 0.151. The number of hydrogen-bond donors (Lipinski definition) is 2. The molecule has 3 aromatic heterocycles. The van der Waals surface area contributed by atoms with Crippen LogP contribution >= 0.6 is 0 Å². The lowest BCUT2D eigenvalue weighted by molar-refractivity contribution is 0.0214. The van der Waals surface area contributed by atoms with E-state index in [4.69, 9.17) is 14.8 Å². The van der Waals surface area contributed by atoms with E-state index in [1.54, 1.807) is 41.5 Å². The second-order valence-electron chi connectivity index (χ2n) is 10.6. The number of aryl methyl sites for hydroxylation is 1. The molecule has 2 aliphatic rings. The van der Waals surface area contributed by atoms with Crippen molar-refractivity contribution < 1.29 is 14.6 Å². The van der Waals surface area contributed by atoms with Gasteiger partial charge in [-0.3, -0.25) is 4.98 Å². The Morgan fingerprint density at radius 2 is 1.92 bits per heavy atom. The van der Waals surface area contributed by atoms with Crippen LogP contribution in [0.25, 0.3) is 16.7 Å². The molecule has 2 bridgehead atoms. The zero-order valence-corrected chi connectivity index (χ0v) is 21.7. The van der Waals surface area contributed by atoms with Crippen LogP contribution in [0, 0.1) is 6.92 Å². The van der Waals surface area contributed by atoms with Gasteiger partial charge >= 0.3 is 6.09 Å². The van der Waals surface area contributed by atoms with Gasteiger partial charge in [-0.1, -0.05) is 0 Å². The Hall–Kier alpha value is -4.48. The molecule has 2 fully saturated rings. The van der Waals surface area contributed by atoms with E-state index in [2.05, 4.69) is 25.2 Å². The number of aromatic nitrogens is 6. The molecular weight excluding hydrogens is 486 g/mol. The molecule has 4 aromatic rings. The third kappa shape index (κ3) is 4.42. The van der Waals surface area contributed by atoms with E-state index in [9.17, 15) is 9.90 Å². The van der Waals surface area contributed by atoms with E-state index < -0.39 is 5.60 Å². The Labute approximate surface area is 219 Å². The first kappa shape index (κ1) is 23.9. The Morgan fingerprint density at radius 1 is 1.11 bits per heavy atom. The topological polar surface area (TPSA) is 134 Å². The van der Waals surface area contributed by atoms with E-state index in [1.165, 1.54) is 0 Å². The highest BCUT2D eigenvalue weighted by Gasteiger charge is 2.47. The summed E-state index contributed by atoms with van der Waals surface area (Å²) in [7, 11) is 0. The van der Waals surface area contributed by atoms with E-state index in [0.29, 0.717) is 41.9 Å². The minimum absolute atomic E-state index is 0.0684. The van der Waals surface area contributed by atoms with Crippen molar-refractivity contribution in [3.8, 4) is 11.6 Å². The van der Waals surface area contributed by atoms with Crippen LogP contribution in [0.15, 0.2) is 42.9 Å². The molecule has 2 aliphatic heterocycles. The largest absolute Gasteiger partial charge is 0.508 e. The number of phenols is 1. The number of piperazine rings is 1. The van der Waals surface area contributed by atoms with Crippen molar-refractivity contribution in [1.82, 2.24) is 34.6 Å². The summed E-state index contributed by atoms with van der Waals surface area (Å²) in [6.07, 6.45) is 5.41.